The molecule has 0 unspecified atom stereocenters. The smallest absolute Gasteiger partial charge is 0.226 e. The molecule has 1 heterocycles. The maximum Gasteiger partial charge on any atom is 0.226 e. The maximum absolute atomic E-state index is 12.0. The molecule has 7 heteroatoms. The summed E-state index contributed by atoms with van der Waals surface area (Å²) in [7, 11) is 0. The molecule has 1 amide bonds. The molecule has 0 bridgehead atoms. The highest BCUT2D eigenvalue weighted by Crippen LogP contribution is 2.27. The lowest BCUT2D eigenvalue weighted by Crippen LogP contribution is -2.13. The molecule has 130 valence electrons. The summed E-state index contributed by atoms with van der Waals surface area (Å²) in [5, 5.41) is 12.2. The van der Waals surface area contributed by atoms with Gasteiger partial charge in [-0.1, -0.05) is 23.7 Å². The van der Waals surface area contributed by atoms with Crippen molar-refractivity contribution >= 4 is 29.2 Å². The number of aryl methyl sites for hydroxylation is 1. The summed E-state index contributed by atoms with van der Waals surface area (Å²) in [6.45, 7) is 3.24. The summed E-state index contributed by atoms with van der Waals surface area (Å²) in [6, 6.07) is 8.98. The number of ether oxygens (including phenoxy) is 1. The van der Waals surface area contributed by atoms with E-state index in [0.29, 0.717) is 29.6 Å². The van der Waals surface area contributed by atoms with E-state index in [0.717, 1.165) is 0 Å². The number of nitrogens with zero attached hydrogens (tertiary/aromatic N) is 1. The predicted octanol–water partition coefficient (Wildman–Crippen LogP) is 4.11. The number of benzene rings is 1. The van der Waals surface area contributed by atoms with E-state index in [1.165, 1.54) is 6.92 Å². The van der Waals surface area contributed by atoms with E-state index in [1.807, 2.05) is 12.1 Å². The van der Waals surface area contributed by atoms with Crippen LogP contribution in [0.25, 0.3) is 0 Å². The average molecular weight is 361 g/mol. The molecule has 0 aliphatic rings. The van der Waals surface area contributed by atoms with Crippen molar-refractivity contribution in [3.05, 3.63) is 46.2 Å². The number of carbonyl (C=O) groups is 2. The lowest BCUT2D eigenvalue weighted by molar-refractivity contribution is -0.116. The molecule has 1 aromatic carbocycles. The van der Waals surface area contributed by atoms with E-state index in [9.17, 15) is 14.9 Å². The van der Waals surface area contributed by atoms with Crippen LogP contribution in [-0.4, -0.2) is 18.3 Å². The molecule has 1 N–H and O–H groups in total. The highest BCUT2D eigenvalue weighted by Gasteiger charge is 2.22. The van der Waals surface area contributed by atoms with Gasteiger partial charge in [-0.15, -0.1) is 0 Å². The molecular weight excluding hydrogens is 344 g/mol. The number of carbonyl (C=O) groups excluding carboxylic acids is 2. The van der Waals surface area contributed by atoms with Crippen molar-refractivity contribution in [3.8, 4) is 11.8 Å². The van der Waals surface area contributed by atoms with E-state index in [4.69, 9.17) is 20.8 Å². The number of halogens is 1. The molecule has 1 aromatic heterocycles. The van der Waals surface area contributed by atoms with Crippen LogP contribution in [0.3, 0.4) is 0 Å². The van der Waals surface area contributed by atoms with Crippen LogP contribution >= 0.6 is 11.6 Å². The van der Waals surface area contributed by atoms with Gasteiger partial charge in [0.15, 0.2) is 5.78 Å². The fraction of sp³-hybridized carbons (Fsp3) is 0.278. The molecule has 0 atom stereocenters. The van der Waals surface area contributed by atoms with E-state index < -0.39 is 0 Å². The lowest BCUT2D eigenvalue weighted by atomic mass is 10.1. The Morgan fingerprint density at radius 3 is 2.72 bits per heavy atom. The maximum atomic E-state index is 12.0. The van der Waals surface area contributed by atoms with Gasteiger partial charge < -0.3 is 9.15 Å². The molecule has 2 aromatic rings. The number of ketones is 1. The second kappa shape index (κ2) is 8.36. The number of para-hydroxylation sites is 1. The van der Waals surface area contributed by atoms with Gasteiger partial charge in [-0.2, -0.15) is 5.26 Å². The third-order valence-corrected chi connectivity index (χ3v) is 3.76. The van der Waals surface area contributed by atoms with Gasteiger partial charge in [0.1, 0.15) is 23.1 Å². The van der Waals surface area contributed by atoms with Crippen LogP contribution in [0.5, 0.6) is 5.75 Å². The van der Waals surface area contributed by atoms with Gasteiger partial charge in [0.25, 0.3) is 0 Å². The molecule has 0 radical (unpaired) electrons. The zero-order valence-corrected chi connectivity index (χ0v) is 14.6. The third kappa shape index (κ3) is 4.61. The number of nitrogens with one attached hydrogen (secondary N) is 1. The van der Waals surface area contributed by atoms with Crippen molar-refractivity contribution in [2.75, 3.05) is 11.9 Å². The molecule has 0 saturated carbocycles. The summed E-state index contributed by atoms with van der Waals surface area (Å²) in [5.41, 5.74) is 0.241. The topological polar surface area (TPSA) is 92.3 Å². The fourth-order valence-electron chi connectivity index (χ4n) is 2.33. The minimum atomic E-state index is -0.330. The molecule has 0 saturated heterocycles. The molecular formula is C18H17ClN2O4. The fourth-order valence-corrected chi connectivity index (χ4v) is 2.52. The Kier molecular flexibility index (Phi) is 6.20. The number of Topliss-reactive ketones (excluding diaryl/α,β-unsaturated/α-hetero) is 1. The monoisotopic (exact) mass is 360 g/mol. The minimum Gasteiger partial charge on any atom is -0.492 e. The Labute approximate surface area is 150 Å². The number of hydrogen-bond acceptors (Lipinski definition) is 5. The number of amides is 1. The van der Waals surface area contributed by atoms with E-state index in [-0.39, 0.29) is 35.1 Å². The highest BCUT2D eigenvalue weighted by molar-refractivity contribution is 6.32. The number of hydrogen-bond donors (Lipinski definition) is 1. The van der Waals surface area contributed by atoms with Gasteiger partial charge in [0.2, 0.25) is 11.8 Å². The first-order valence-corrected chi connectivity index (χ1v) is 8.03. The van der Waals surface area contributed by atoms with Gasteiger partial charge in [-0.3, -0.25) is 14.9 Å². The summed E-state index contributed by atoms with van der Waals surface area (Å²) < 4.78 is 10.8. The van der Waals surface area contributed by atoms with Gasteiger partial charge in [0, 0.05) is 6.42 Å². The van der Waals surface area contributed by atoms with Crippen LogP contribution in [0.4, 0.5) is 5.88 Å². The number of nitriles is 1. The Bertz CT molecular complexity index is 836. The zero-order valence-electron chi connectivity index (χ0n) is 13.9. The zero-order chi connectivity index (χ0) is 18.4. The third-order valence-electron chi connectivity index (χ3n) is 3.44. The largest absolute Gasteiger partial charge is 0.492 e. The van der Waals surface area contributed by atoms with Crippen molar-refractivity contribution in [1.82, 2.24) is 0 Å². The number of anilines is 1. The Hall–Kier alpha value is -2.78. The van der Waals surface area contributed by atoms with Crippen molar-refractivity contribution in [2.24, 2.45) is 0 Å². The molecule has 2 rings (SSSR count). The predicted molar refractivity (Wildman–Crippen MR) is 93.0 cm³/mol. The molecule has 0 fully saturated rings. The van der Waals surface area contributed by atoms with Crippen molar-refractivity contribution in [3.63, 3.8) is 0 Å². The molecule has 0 aliphatic carbocycles. The summed E-state index contributed by atoms with van der Waals surface area (Å²) >= 11 is 5.97. The molecule has 6 nitrogen and oxygen atoms in total. The van der Waals surface area contributed by atoms with Crippen LogP contribution in [0.2, 0.25) is 5.02 Å². The number of furan rings is 1. The van der Waals surface area contributed by atoms with Crippen LogP contribution in [0, 0.1) is 18.3 Å². The average Bonchev–Trinajstić information content (AvgIpc) is 2.88. The molecule has 25 heavy (non-hydrogen) atoms. The minimum absolute atomic E-state index is 0.00206. The number of rotatable bonds is 7. The van der Waals surface area contributed by atoms with Crippen LogP contribution in [-0.2, 0) is 4.79 Å². The van der Waals surface area contributed by atoms with Crippen molar-refractivity contribution < 1.29 is 18.7 Å². The first kappa shape index (κ1) is 18.6. The molecule has 0 spiro atoms. The van der Waals surface area contributed by atoms with E-state index >= 15 is 0 Å². The Morgan fingerprint density at radius 1 is 1.36 bits per heavy atom. The summed E-state index contributed by atoms with van der Waals surface area (Å²) in [5.74, 6) is 0.252. The summed E-state index contributed by atoms with van der Waals surface area (Å²) in [4.78, 5) is 23.6. The van der Waals surface area contributed by atoms with Crippen molar-refractivity contribution in [2.45, 2.75) is 26.7 Å². The molecule has 0 aliphatic heterocycles. The van der Waals surface area contributed by atoms with Gasteiger partial charge in [-0.05, 0) is 32.4 Å². The lowest BCUT2D eigenvalue weighted by Gasteiger charge is -2.07. The van der Waals surface area contributed by atoms with E-state index in [2.05, 4.69) is 5.32 Å². The Balaban J connectivity index is 1.89. The van der Waals surface area contributed by atoms with Crippen LogP contribution in [0.15, 0.2) is 28.7 Å². The first-order valence-electron chi connectivity index (χ1n) is 7.65. The first-order chi connectivity index (χ1) is 11.9. The van der Waals surface area contributed by atoms with E-state index in [1.54, 1.807) is 25.1 Å². The van der Waals surface area contributed by atoms with Gasteiger partial charge >= 0.3 is 0 Å². The summed E-state index contributed by atoms with van der Waals surface area (Å²) in [6.07, 6.45) is 0.628. The van der Waals surface area contributed by atoms with Crippen LogP contribution in [0.1, 0.15) is 41.4 Å². The standard InChI is InChI=1S/C18H17ClN2O4/c1-11(22)17-12(2)25-18(13(17)10-20)21-16(23)8-5-9-24-15-7-4-3-6-14(15)19/h3-4,6-7H,5,8-9H2,1-2H3,(H,21,23). The van der Waals surface area contributed by atoms with Gasteiger partial charge in [-0.25, -0.2) is 0 Å². The highest BCUT2D eigenvalue weighted by atomic mass is 35.5. The van der Waals surface area contributed by atoms with Gasteiger partial charge in [0.05, 0.1) is 17.2 Å². The second-order valence-corrected chi connectivity index (χ2v) is 5.74. The Morgan fingerprint density at radius 2 is 2.08 bits per heavy atom. The van der Waals surface area contributed by atoms with Crippen LogP contribution < -0.4 is 10.1 Å². The normalized spacial score (nSPS) is 10.2. The second-order valence-electron chi connectivity index (χ2n) is 5.34. The SMILES string of the molecule is CC(=O)c1c(C)oc(NC(=O)CCCOc2ccccc2Cl)c1C#N. The quantitative estimate of drug-likeness (QED) is 0.592. The van der Waals surface area contributed by atoms with Crippen molar-refractivity contribution in [1.29, 1.82) is 5.26 Å².